The molecule has 5 N–H and O–H groups in total. The van der Waals surface area contributed by atoms with E-state index in [1.54, 1.807) is 68.7 Å². The third-order valence-corrected chi connectivity index (χ3v) is 11.6. The Labute approximate surface area is 320 Å². The molecule has 3 aliphatic rings. The van der Waals surface area contributed by atoms with Gasteiger partial charge in [-0.1, -0.05) is 64.0 Å². The van der Waals surface area contributed by atoms with Gasteiger partial charge in [-0.3, -0.25) is 18.8 Å². The Bertz CT molecular complexity index is 2250. The molecular formula is C43H49N3O9. The van der Waals surface area contributed by atoms with Gasteiger partial charge in [-0.05, 0) is 43.4 Å². The summed E-state index contributed by atoms with van der Waals surface area (Å²) in [6, 6.07) is 3.67. The second-order valence-corrected chi connectivity index (χ2v) is 15.2. The van der Waals surface area contributed by atoms with Crippen molar-refractivity contribution < 1.29 is 44.3 Å². The molecule has 12 nitrogen and oxygen atoms in total. The molecule has 3 heterocycles. The van der Waals surface area contributed by atoms with Gasteiger partial charge in [0, 0.05) is 67.0 Å². The van der Waals surface area contributed by atoms with Crippen LogP contribution in [0, 0.1) is 54.3 Å². The van der Waals surface area contributed by atoms with Gasteiger partial charge >= 0.3 is 5.97 Å². The van der Waals surface area contributed by atoms with E-state index >= 15 is 0 Å². The lowest BCUT2D eigenvalue weighted by Crippen LogP contribution is -2.50. The number of allylic oxidation sites excluding steroid dienone is 4. The Morgan fingerprint density at radius 1 is 1.02 bits per heavy atom. The van der Waals surface area contributed by atoms with Gasteiger partial charge in [0.2, 0.25) is 5.78 Å². The number of anilines is 1. The lowest BCUT2D eigenvalue weighted by Gasteiger charge is -2.42. The van der Waals surface area contributed by atoms with E-state index in [-0.39, 0.29) is 45.7 Å². The number of nitrogens with one attached hydrogen (secondary N) is 1. The van der Waals surface area contributed by atoms with Crippen molar-refractivity contribution in [2.75, 3.05) is 12.4 Å². The number of imidazole rings is 1. The first-order valence-corrected chi connectivity index (χ1v) is 18.6. The van der Waals surface area contributed by atoms with Crippen LogP contribution in [0.2, 0.25) is 0 Å². The summed E-state index contributed by atoms with van der Waals surface area (Å²) in [5.74, 6) is -0.970. The number of aliphatic hydroxyl groups excluding tert-OH is 3. The zero-order chi connectivity index (χ0) is 40.0. The maximum absolute atomic E-state index is 14.2. The highest BCUT2D eigenvalue weighted by Gasteiger charge is 2.47. The number of rotatable bonds is 2. The van der Waals surface area contributed by atoms with Crippen molar-refractivity contribution in [3.8, 4) is 17.6 Å². The summed E-state index contributed by atoms with van der Waals surface area (Å²) >= 11 is 0. The number of aliphatic hydroxyl groups is 3. The fourth-order valence-corrected chi connectivity index (χ4v) is 8.44. The van der Waals surface area contributed by atoms with Crippen molar-refractivity contribution in [1.82, 2.24) is 9.38 Å². The molecule has 290 valence electrons. The summed E-state index contributed by atoms with van der Waals surface area (Å²) in [5, 5.41) is 50.4. The molecule has 1 amide bonds. The number of fused-ring (bicyclic) bond motifs is 6. The van der Waals surface area contributed by atoms with Crippen molar-refractivity contribution >= 4 is 45.6 Å². The van der Waals surface area contributed by atoms with E-state index < -0.39 is 83.3 Å². The molecule has 0 fully saturated rings. The summed E-state index contributed by atoms with van der Waals surface area (Å²) in [6.07, 6.45) is 6.23. The summed E-state index contributed by atoms with van der Waals surface area (Å²) < 4.78 is 13.8. The van der Waals surface area contributed by atoms with Crippen LogP contribution in [0.3, 0.4) is 0 Å². The number of Topliss-reactive ketones (excluding diaryl/α,β-unsaturated/α-hetero) is 1. The third kappa shape index (κ3) is 7.08. The van der Waals surface area contributed by atoms with Crippen LogP contribution in [0.1, 0.15) is 69.4 Å². The Hall–Kier alpha value is -5.22. The van der Waals surface area contributed by atoms with Gasteiger partial charge < -0.3 is 35.2 Å². The van der Waals surface area contributed by atoms with Gasteiger partial charge in [0.25, 0.3) is 5.91 Å². The van der Waals surface area contributed by atoms with E-state index in [4.69, 9.17) is 14.5 Å². The monoisotopic (exact) mass is 751 g/mol. The van der Waals surface area contributed by atoms with Crippen LogP contribution >= 0.6 is 0 Å². The van der Waals surface area contributed by atoms with Gasteiger partial charge in [-0.15, -0.1) is 0 Å². The fourth-order valence-electron chi connectivity index (χ4n) is 8.44. The summed E-state index contributed by atoms with van der Waals surface area (Å²) in [7, 11) is 1.51. The second-order valence-electron chi connectivity index (χ2n) is 15.2. The van der Waals surface area contributed by atoms with Gasteiger partial charge in [-0.2, -0.15) is 0 Å². The van der Waals surface area contributed by atoms with E-state index in [0.29, 0.717) is 11.2 Å². The molecule has 2 aliphatic carbocycles. The molecular weight excluding hydrogens is 702 g/mol. The Morgan fingerprint density at radius 3 is 2.44 bits per heavy atom. The first-order valence-electron chi connectivity index (χ1n) is 18.6. The number of pyridine rings is 1. The smallest absolute Gasteiger partial charge is 0.302 e. The molecule has 55 heavy (non-hydrogen) atoms. The highest BCUT2D eigenvalue weighted by Crippen LogP contribution is 2.50. The number of hydrogen-bond acceptors (Lipinski definition) is 10. The minimum Gasteiger partial charge on any atom is -0.512 e. The molecule has 0 saturated heterocycles. The zero-order valence-electron chi connectivity index (χ0n) is 32.3. The Balaban J connectivity index is 1.73. The SMILES string of the molecule is CO[C@H]1/C=C/CC(O)=C2c3c4c(O)c(c5c3nc3cc(C)ccn35)NC(=O)/C(C)=C\C=C\[C@H](C)[C@H](O)[C@@H](C)[C@@H](O)[C@@H](C)[C@H](OC(C)=O)[C@H]1C(C)C2C#CC4=O. The average Bonchev–Trinajstić information content (AvgIpc) is 3.45. The van der Waals surface area contributed by atoms with Crippen LogP contribution in [-0.2, 0) is 19.1 Å². The molecule has 3 aromatic rings. The topological polar surface area (TPSA) is 180 Å². The van der Waals surface area contributed by atoms with E-state index in [1.807, 2.05) is 26.0 Å². The number of carbonyl (C=O) groups excluding carboxylic acids is 3. The van der Waals surface area contributed by atoms with Crippen molar-refractivity contribution in [3.63, 3.8) is 0 Å². The minimum absolute atomic E-state index is 0.0117. The second kappa shape index (κ2) is 15.5. The number of aromatic hydroxyl groups is 1. The molecule has 1 aromatic carbocycles. The predicted octanol–water partition coefficient (Wildman–Crippen LogP) is 5.83. The number of esters is 1. The lowest BCUT2D eigenvalue weighted by molar-refractivity contribution is -0.165. The van der Waals surface area contributed by atoms with E-state index in [1.165, 1.54) is 14.0 Å². The number of aryl methyl sites for hydroxylation is 1. The molecule has 2 unspecified atom stereocenters. The number of ketones is 1. The number of carbonyl (C=O) groups is 3. The maximum Gasteiger partial charge on any atom is 0.302 e. The number of phenols is 1. The number of ether oxygens (including phenoxy) is 2. The number of amides is 1. The van der Waals surface area contributed by atoms with E-state index in [0.717, 1.165) is 5.56 Å². The lowest BCUT2D eigenvalue weighted by atomic mass is 9.68. The Morgan fingerprint density at radius 2 is 1.75 bits per heavy atom. The molecule has 6 bridgehead atoms. The van der Waals surface area contributed by atoms with Gasteiger partial charge in [0.15, 0.2) is 5.75 Å². The number of aromatic nitrogens is 2. The van der Waals surface area contributed by atoms with Crippen LogP contribution in [0.5, 0.6) is 5.75 Å². The number of phenolic OH excluding ortho intramolecular Hbond substituents is 1. The molecule has 1 aliphatic heterocycles. The normalized spacial score (nSPS) is 32.4. The molecule has 12 heteroatoms. The molecule has 0 radical (unpaired) electrons. The molecule has 0 spiro atoms. The van der Waals surface area contributed by atoms with Crippen LogP contribution in [0.4, 0.5) is 5.69 Å². The van der Waals surface area contributed by atoms with Crippen LogP contribution in [0.15, 0.2) is 60.0 Å². The van der Waals surface area contributed by atoms with Crippen molar-refractivity contribution in [3.05, 3.63) is 76.7 Å². The van der Waals surface area contributed by atoms with Crippen molar-refractivity contribution in [2.45, 2.75) is 79.3 Å². The third-order valence-electron chi connectivity index (χ3n) is 11.6. The van der Waals surface area contributed by atoms with Gasteiger partial charge in [0.05, 0.1) is 29.8 Å². The van der Waals surface area contributed by atoms with Crippen molar-refractivity contribution in [2.24, 2.45) is 35.5 Å². The van der Waals surface area contributed by atoms with E-state index in [2.05, 4.69) is 17.2 Å². The molecule has 2 aromatic heterocycles. The minimum atomic E-state index is -1.17. The van der Waals surface area contributed by atoms with Crippen molar-refractivity contribution in [1.29, 1.82) is 0 Å². The van der Waals surface area contributed by atoms with Crippen LogP contribution in [-0.4, -0.2) is 79.0 Å². The number of benzene rings is 1. The molecule has 0 saturated carbocycles. The average molecular weight is 752 g/mol. The zero-order valence-corrected chi connectivity index (χ0v) is 32.3. The predicted molar refractivity (Wildman–Crippen MR) is 208 cm³/mol. The highest BCUT2D eigenvalue weighted by molar-refractivity contribution is 6.22. The number of nitrogens with zero attached hydrogens (tertiary/aromatic N) is 2. The first-order chi connectivity index (χ1) is 26.1. The number of hydrogen-bond donors (Lipinski definition) is 5. The highest BCUT2D eigenvalue weighted by atomic mass is 16.5. The summed E-state index contributed by atoms with van der Waals surface area (Å²) in [4.78, 5) is 45.8. The molecule has 6 rings (SSSR count). The number of methoxy groups -OCH3 is 1. The summed E-state index contributed by atoms with van der Waals surface area (Å²) in [6.45, 7) is 11.9. The van der Waals surface area contributed by atoms with Gasteiger partial charge in [-0.25, -0.2) is 4.98 Å². The molecule has 10 atom stereocenters. The van der Waals surface area contributed by atoms with Crippen LogP contribution in [0.25, 0.3) is 22.3 Å². The maximum atomic E-state index is 14.2. The quantitative estimate of drug-likeness (QED) is 0.0703. The van der Waals surface area contributed by atoms with Gasteiger partial charge in [0.1, 0.15) is 34.2 Å². The summed E-state index contributed by atoms with van der Waals surface area (Å²) in [5.41, 5.74) is 2.26. The largest absolute Gasteiger partial charge is 0.512 e. The Kier molecular flexibility index (Phi) is 11.1. The van der Waals surface area contributed by atoms with Crippen LogP contribution < -0.4 is 5.32 Å². The van der Waals surface area contributed by atoms with E-state index in [9.17, 15) is 34.8 Å². The fraction of sp³-hybridized carbons (Fsp3) is 0.442. The first kappa shape index (κ1) is 39.5. The standard InChI is InChI=1S/C43H49N3O9/c1-20-17-18-46-31(19-20)44-36-35-33-27-15-16-29(49)34(35)41(52)37(38(36)46)45-43(53)22(3)12-9-11-21(2)39(50)24(5)40(51)25(6)42(55-26(7)47)32(23(27)4)30(54-8)14-10-13-28(33)48/h9-12,14,17-19,21,23-25,27,30,32,39-40,42,48,50-52H,13H2,1-8H3,(H,45,53)/b11-9+,14-10+,22-12-,33-28?/t21-,23?,24+,25+,27?,30-,32-,39-,40+,42-/m0/s1.